The van der Waals surface area contributed by atoms with E-state index in [1.807, 2.05) is 18.2 Å². The molecule has 348 valence electrons. The van der Waals surface area contributed by atoms with E-state index in [0.717, 1.165) is 159 Å². The molecule has 0 spiro atoms. The molecule has 0 N–H and O–H groups in total. The Hall–Kier alpha value is -10.3. The molecule has 0 saturated heterocycles. The van der Waals surface area contributed by atoms with Gasteiger partial charge in [-0.3, -0.25) is 0 Å². The smallest absolute Gasteiger partial charge is 0.145 e. The molecule has 0 aliphatic rings. The van der Waals surface area contributed by atoms with E-state index in [1.54, 1.807) is 0 Å². The number of furan rings is 2. The predicted octanol–water partition coefficient (Wildman–Crippen LogP) is 18.1. The van der Waals surface area contributed by atoms with Crippen LogP contribution >= 0.6 is 0 Å². The van der Waals surface area contributed by atoms with Gasteiger partial charge in [0.2, 0.25) is 0 Å². The van der Waals surface area contributed by atoms with Crippen molar-refractivity contribution in [1.29, 1.82) is 5.26 Å². The Morgan fingerprint density at radius 1 is 0.293 bits per heavy atom. The highest BCUT2D eigenvalue weighted by molar-refractivity contribution is 6.26. The first-order valence-corrected chi connectivity index (χ1v) is 25.4. The minimum absolute atomic E-state index is 0.535. The minimum atomic E-state index is 0.535. The third kappa shape index (κ3) is 5.12. The van der Waals surface area contributed by atoms with Crippen LogP contribution in [-0.4, -0.2) is 18.3 Å². The third-order valence-corrected chi connectivity index (χ3v) is 16.2. The monoisotopic (exact) mass is 957 g/mol. The van der Waals surface area contributed by atoms with Gasteiger partial charge in [0, 0.05) is 59.4 Å². The van der Waals surface area contributed by atoms with Gasteiger partial charge in [-0.25, -0.2) is 0 Å². The average molecular weight is 958 g/mol. The van der Waals surface area contributed by atoms with Crippen molar-refractivity contribution in [3.05, 3.63) is 230 Å². The second kappa shape index (κ2) is 14.7. The standard InChI is InChI=1S/C68H39N5O2/c1-39-63(70-51-26-10-2-18-40(51)41-19-3-11-27-52(41)70)50(38-69)65(73-56-31-15-7-25-49(56)62-58(73)37-35-47-45-23-9-17-33-60(45)75-68(47)62)66(71-53-28-12-4-20-42(53)43-21-5-13-29-54(43)71)64(39)72-55-30-14-6-24-48(55)61-57(72)36-34-46-44-22-8-16-32-59(44)74-67(46)61/h2-37H,1H3. The van der Waals surface area contributed by atoms with E-state index < -0.39 is 0 Å². The van der Waals surface area contributed by atoms with Gasteiger partial charge in [0.25, 0.3) is 0 Å². The van der Waals surface area contributed by atoms with E-state index >= 15 is 0 Å². The molecule has 0 amide bonds. The quantitative estimate of drug-likeness (QED) is 0.176. The summed E-state index contributed by atoms with van der Waals surface area (Å²) in [6.45, 7) is 2.22. The molecule has 75 heavy (non-hydrogen) atoms. The Balaban J connectivity index is 1.18. The molecule has 0 aliphatic carbocycles. The van der Waals surface area contributed by atoms with E-state index in [2.05, 4.69) is 231 Å². The van der Waals surface area contributed by atoms with E-state index in [0.29, 0.717) is 5.56 Å². The minimum Gasteiger partial charge on any atom is -0.455 e. The van der Waals surface area contributed by atoms with Crippen LogP contribution in [0.2, 0.25) is 0 Å². The summed E-state index contributed by atoms with van der Waals surface area (Å²) in [5, 5.41) is 25.4. The highest BCUT2D eigenvalue weighted by Crippen LogP contribution is 2.51. The molecule has 11 aromatic carbocycles. The Morgan fingerprint density at radius 2 is 0.613 bits per heavy atom. The number of benzene rings is 11. The predicted molar refractivity (Wildman–Crippen MR) is 308 cm³/mol. The molecule has 0 radical (unpaired) electrons. The zero-order valence-corrected chi connectivity index (χ0v) is 40.3. The van der Waals surface area contributed by atoms with Crippen LogP contribution < -0.4 is 0 Å². The number of hydrogen-bond acceptors (Lipinski definition) is 3. The van der Waals surface area contributed by atoms with Gasteiger partial charge in [-0.1, -0.05) is 146 Å². The van der Waals surface area contributed by atoms with Crippen LogP contribution in [0.3, 0.4) is 0 Å². The van der Waals surface area contributed by atoms with E-state index in [1.165, 1.54) is 0 Å². The Labute approximate surface area is 426 Å². The zero-order chi connectivity index (χ0) is 49.2. The van der Waals surface area contributed by atoms with Gasteiger partial charge in [-0.2, -0.15) is 5.26 Å². The molecular formula is C68H39N5O2. The Morgan fingerprint density at radius 3 is 1.03 bits per heavy atom. The van der Waals surface area contributed by atoms with Gasteiger partial charge >= 0.3 is 0 Å². The summed E-state index contributed by atoms with van der Waals surface area (Å²) in [6.07, 6.45) is 0. The topological polar surface area (TPSA) is 69.8 Å². The summed E-state index contributed by atoms with van der Waals surface area (Å²) in [5.41, 5.74) is 16.1. The zero-order valence-electron chi connectivity index (χ0n) is 40.3. The van der Waals surface area contributed by atoms with Crippen molar-refractivity contribution in [3.63, 3.8) is 0 Å². The van der Waals surface area contributed by atoms with Crippen LogP contribution in [0.1, 0.15) is 11.1 Å². The number of fused-ring (bicyclic) bond motifs is 20. The molecule has 0 aliphatic heterocycles. The Kier molecular flexibility index (Phi) is 7.88. The highest BCUT2D eigenvalue weighted by Gasteiger charge is 2.34. The van der Waals surface area contributed by atoms with Crippen molar-refractivity contribution in [3.8, 4) is 28.8 Å². The van der Waals surface area contributed by atoms with E-state index in [9.17, 15) is 5.26 Å². The summed E-state index contributed by atoms with van der Waals surface area (Å²) in [7, 11) is 0. The highest BCUT2D eigenvalue weighted by atomic mass is 16.3. The number of rotatable bonds is 4. The molecule has 6 heterocycles. The third-order valence-electron chi connectivity index (χ3n) is 16.2. The van der Waals surface area contributed by atoms with Crippen molar-refractivity contribution in [2.75, 3.05) is 0 Å². The van der Waals surface area contributed by atoms with Crippen molar-refractivity contribution < 1.29 is 8.83 Å². The molecule has 0 unspecified atom stereocenters. The lowest BCUT2D eigenvalue weighted by atomic mass is 9.99. The number of nitriles is 1. The van der Waals surface area contributed by atoms with Gasteiger partial charge in [-0.15, -0.1) is 0 Å². The maximum absolute atomic E-state index is 12.6. The number of hydrogen-bond donors (Lipinski definition) is 0. The molecule has 17 aromatic rings. The van der Waals surface area contributed by atoms with Crippen molar-refractivity contribution in [1.82, 2.24) is 18.3 Å². The number of para-hydroxylation sites is 8. The largest absolute Gasteiger partial charge is 0.455 e. The van der Waals surface area contributed by atoms with Crippen molar-refractivity contribution in [2.45, 2.75) is 6.92 Å². The molecule has 0 fully saturated rings. The first-order chi connectivity index (χ1) is 37.2. The van der Waals surface area contributed by atoms with Crippen LogP contribution in [0.4, 0.5) is 0 Å². The maximum atomic E-state index is 12.6. The fourth-order valence-corrected chi connectivity index (χ4v) is 13.2. The van der Waals surface area contributed by atoms with Crippen LogP contribution in [-0.2, 0) is 0 Å². The lowest BCUT2D eigenvalue weighted by molar-refractivity contribution is 0.672. The van der Waals surface area contributed by atoms with Crippen LogP contribution in [0.15, 0.2) is 227 Å². The van der Waals surface area contributed by atoms with Crippen LogP contribution in [0, 0.1) is 18.3 Å². The SMILES string of the molecule is Cc1c(-n2c3ccccc3c3ccccc32)c(C#N)c(-n2c3ccccc3c3c4oc5ccccc5c4ccc32)c(-n2c3ccccc3c3ccccc32)c1-n1c2ccccc2c2c3oc4ccccc4c3ccc21. The summed E-state index contributed by atoms with van der Waals surface area (Å²) in [4.78, 5) is 0. The van der Waals surface area contributed by atoms with Crippen molar-refractivity contribution >= 4 is 131 Å². The van der Waals surface area contributed by atoms with Crippen molar-refractivity contribution in [2.24, 2.45) is 0 Å². The van der Waals surface area contributed by atoms with E-state index in [4.69, 9.17) is 8.83 Å². The molecule has 0 bridgehead atoms. The molecule has 17 rings (SSSR count). The first kappa shape index (κ1) is 40.3. The summed E-state index contributed by atoms with van der Waals surface area (Å²) >= 11 is 0. The molecule has 7 nitrogen and oxygen atoms in total. The van der Waals surface area contributed by atoms with Gasteiger partial charge < -0.3 is 27.1 Å². The second-order valence-corrected chi connectivity index (χ2v) is 19.8. The molecular weight excluding hydrogens is 919 g/mol. The lowest BCUT2D eigenvalue weighted by Crippen LogP contribution is -2.16. The van der Waals surface area contributed by atoms with Crippen LogP contribution in [0.25, 0.3) is 154 Å². The van der Waals surface area contributed by atoms with E-state index in [-0.39, 0.29) is 0 Å². The van der Waals surface area contributed by atoms with Gasteiger partial charge in [0.1, 0.15) is 34.0 Å². The number of nitrogens with zero attached hydrogens (tertiary/aromatic N) is 5. The first-order valence-electron chi connectivity index (χ1n) is 25.4. The fraction of sp³-hybridized carbons (Fsp3) is 0.0147. The fourth-order valence-electron chi connectivity index (χ4n) is 13.2. The maximum Gasteiger partial charge on any atom is 0.145 e. The van der Waals surface area contributed by atoms with Gasteiger partial charge in [0.05, 0.1) is 77.7 Å². The summed E-state index contributed by atoms with van der Waals surface area (Å²) in [5.74, 6) is 0. The number of aromatic nitrogens is 4. The average Bonchev–Trinajstić information content (AvgIpc) is 4.32. The molecule has 0 atom stereocenters. The normalized spacial score (nSPS) is 12.3. The van der Waals surface area contributed by atoms with Gasteiger partial charge in [-0.05, 0) is 79.7 Å². The Bertz CT molecular complexity index is 5300. The summed E-state index contributed by atoms with van der Waals surface area (Å²) < 4.78 is 23.5. The molecule has 0 saturated carbocycles. The lowest BCUT2D eigenvalue weighted by Gasteiger charge is -2.28. The second-order valence-electron chi connectivity index (χ2n) is 19.8. The van der Waals surface area contributed by atoms with Crippen LogP contribution in [0.5, 0.6) is 0 Å². The van der Waals surface area contributed by atoms with Gasteiger partial charge in [0.15, 0.2) is 0 Å². The molecule has 7 heteroatoms. The molecule has 6 aromatic heterocycles. The summed E-state index contributed by atoms with van der Waals surface area (Å²) in [6, 6.07) is 80.3.